The van der Waals surface area contributed by atoms with E-state index in [1.807, 2.05) is 12.1 Å². The summed E-state index contributed by atoms with van der Waals surface area (Å²) in [6.45, 7) is 5.74. The first-order valence-corrected chi connectivity index (χ1v) is 5.02. The predicted molar refractivity (Wildman–Crippen MR) is 59.6 cm³/mol. The summed E-state index contributed by atoms with van der Waals surface area (Å²) in [4.78, 5) is 11.3. The molecule has 0 aromatic heterocycles. The molecule has 0 bridgehead atoms. The number of nitrogen functional groups attached to an aromatic ring is 1. The topological polar surface area (TPSA) is 43.1 Å². The van der Waals surface area contributed by atoms with Crippen LogP contribution in [0.4, 0.5) is 5.69 Å². The van der Waals surface area contributed by atoms with Crippen LogP contribution in [0.25, 0.3) is 0 Å². The number of rotatable bonds is 3. The lowest BCUT2D eigenvalue weighted by molar-refractivity contribution is 0.101. The molecule has 2 heteroatoms. The van der Waals surface area contributed by atoms with Crippen molar-refractivity contribution in [1.29, 1.82) is 0 Å². The fraction of sp³-hybridized carbons (Fsp3) is 0.417. The van der Waals surface area contributed by atoms with E-state index in [0.717, 1.165) is 12.8 Å². The number of benzene rings is 1. The van der Waals surface area contributed by atoms with Crippen molar-refractivity contribution in [2.75, 3.05) is 5.73 Å². The van der Waals surface area contributed by atoms with Gasteiger partial charge in [0.1, 0.15) is 0 Å². The van der Waals surface area contributed by atoms with Crippen molar-refractivity contribution in [3.63, 3.8) is 0 Å². The van der Waals surface area contributed by atoms with Crippen LogP contribution in [0.1, 0.15) is 42.3 Å². The highest BCUT2D eigenvalue weighted by molar-refractivity contribution is 5.99. The van der Waals surface area contributed by atoms with Gasteiger partial charge < -0.3 is 5.73 Å². The SMILES string of the molecule is CCc1cc(N)c(C(C)=O)cc1CC. The summed E-state index contributed by atoms with van der Waals surface area (Å²) in [7, 11) is 0. The fourth-order valence-corrected chi connectivity index (χ4v) is 1.67. The number of hydrogen-bond acceptors (Lipinski definition) is 2. The highest BCUT2D eigenvalue weighted by Gasteiger charge is 2.08. The van der Waals surface area contributed by atoms with E-state index in [0.29, 0.717) is 11.3 Å². The second-order valence-electron chi connectivity index (χ2n) is 3.47. The number of carbonyl (C=O) groups excluding carboxylic acids is 1. The molecule has 0 aliphatic carbocycles. The minimum Gasteiger partial charge on any atom is -0.398 e. The molecule has 0 amide bonds. The first kappa shape index (κ1) is 10.8. The Labute approximate surface area is 85.1 Å². The molecule has 0 fully saturated rings. The van der Waals surface area contributed by atoms with E-state index >= 15 is 0 Å². The third-order valence-electron chi connectivity index (χ3n) is 2.51. The molecule has 0 unspecified atom stereocenters. The van der Waals surface area contributed by atoms with Crippen LogP contribution in [0.15, 0.2) is 12.1 Å². The van der Waals surface area contributed by atoms with Gasteiger partial charge in [0, 0.05) is 11.3 Å². The van der Waals surface area contributed by atoms with Crippen LogP contribution in [0.5, 0.6) is 0 Å². The van der Waals surface area contributed by atoms with Gasteiger partial charge in [0.2, 0.25) is 0 Å². The highest BCUT2D eigenvalue weighted by Crippen LogP contribution is 2.20. The van der Waals surface area contributed by atoms with E-state index in [4.69, 9.17) is 5.73 Å². The first-order chi connectivity index (χ1) is 6.60. The lowest BCUT2D eigenvalue weighted by atomic mass is 9.97. The second-order valence-corrected chi connectivity index (χ2v) is 3.47. The van der Waals surface area contributed by atoms with Crippen molar-refractivity contribution in [3.05, 3.63) is 28.8 Å². The van der Waals surface area contributed by atoms with E-state index in [1.54, 1.807) is 6.92 Å². The van der Waals surface area contributed by atoms with Crippen LogP contribution < -0.4 is 5.73 Å². The molecule has 0 aliphatic heterocycles. The van der Waals surface area contributed by atoms with Gasteiger partial charge in [0.05, 0.1) is 0 Å². The van der Waals surface area contributed by atoms with Crippen molar-refractivity contribution in [3.8, 4) is 0 Å². The van der Waals surface area contributed by atoms with Crippen LogP contribution in [-0.2, 0) is 12.8 Å². The Balaban J connectivity index is 3.30. The lowest BCUT2D eigenvalue weighted by Gasteiger charge is -2.10. The zero-order chi connectivity index (χ0) is 10.7. The average molecular weight is 191 g/mol. The summed E-state index contributed by atoms with van der Waals surface area (Å²) in [5.41, 5.74) is 9.53. The van der Waals surface area contributed by atoms with Gasteiger partial charge in [-0.1, -0.05) is 13.8 Å². The van der Waals surface area contributed by atoms with Crippen LogP contribution >= 0.6 is 0 Å². The van der Waals surface area contributed by atoms with Gasteiger partial charge in [0.15, 0.2) is 5.78 Å². The zero-order valence-corrected chi connectivity index (χ0v) is 9.05. The van der Waals surface area contributed by atoms with Crippen LogP contribution in [0.2, 0.25) is 0 Å². The van der Waals surface area contributed by atoms with E-state index in [2.05, 4.69) is 13.8 Å². The van der Waals surface area contributed by atoms with Crippen LogP contribution in [-0.4, -0.2) is 5.78 Å². The van der Waals surface area contributed by atoms with Gasteiger partial charge in [-0.3, -0.25) is 4.79 Å². The standard InChI is InChI=1S/C12H17NO/c1-4-9-6-11(8(3)14)12(13)7-10(9)5-2/h6-7H,4-5,13H2,1-3H3. The normalized spacial score (nSPS) is 10.2. The Hall–Kier alpha value is -1.31. The average Bonchev–Trinajstić information content (AvgIpc) is 2.16. The third kappa shape index (κ3) is 1.95. The molecule has 0 atom stereocenters. The molecule has 1 aromatic carbocycles. The number of aryl methyl sites for hydroxylation is 2. The van der Waals surface area contributed by atoms with E-state index in [9.17, 15) is 4.79 Å². The van der Waals surface area contributed by atoms with Crippen LogP contribution in [0, 0.1) is 0 Å². The number of Topliss-reactive ketones (excluding diaryl/α,β-unsaturated/α-hetero) is 1. The molecule has 0 aliphatic rings. The molecule has 0 radical (unpaired) electrons. The lowest BCUT2D eigenvalue weighted by Crippen LogP contribution is -2.03. The Morgan fingerprint density at radius 2 is 1.71 bits per heavy atom. The molecule has 76 valence electrons. The Kier molecular flexibility index (Phi) is 3.28. The van der Waals surface area contributed by atoms with Crippen molar-refractivity contribution < 1.29 is 4.79 Å². The maximum absolute atomic E-state index is 11.3. The molecule has 0 saturated carbocycles. The molecular weight excluding hydrogens is 174 g/mol. The minimum absolute atomic E-state index is 0.0415. The largest absolute Gasteiger partial charge is 0.398 e. The molecule has 1 rings (SSSR count). The molecule has 0 spiro atoms. The summed E-state index contributed by atoms with van der Waals surface area (Å²) in [5.74, 6) is 0.0415. The summed E-state index contributed by atoms with van der Waals surface area (Å²) in [6, 6.07) is 3.85. The maximum atomic E-state index is 11.3. The predicted octanol–water partition coefficient (Wildman–Crippen LogP) is 2.60. The first-order valence-electron chi connectivity index (χ1n) is 5.02. The summed E-state index contributed by atoms with van der Waals surface area (Å²) in [5, 5.41) is 0. The van der Waals surface area contributed by atoms with Gasteiger partial charge in [-0.25, -0.2) is 0 Å². The molecule has 14 heavy (non-hydrogen) atoms. The number of nitrogens with two attached hydrogens (primary N) is 1. The van der Waals surface area contributed by atoms with Gasteiger partial charge >= 0.3 is 0 Å². The van der Waals surface area contributed by atoms with Crippen LogP contribution in [0.3, 0.4) is 0 Å². The van der Waals surface area contributed by atoms with Gasteiger partial charge in [-0.05, 0) is 43.0 Å². The smallest absolute Gasteiger partial charge is 0.161 e. The molecule has 0 saturated heterocycles. The highest BCUT2D eigenvalue weighted by atomic mass is 16.1. The van der Waals surface area contributed by atoms with Crippen molar-refractivity contribution in [2.45, 2.75) is 33.6 Å². The van der Waals surface area contributed by atoms with E-state index < -0.39 is 0 Å². The van der Waals surface area contributed by atoms with E-state index in [1.165, 1.54) is 11.1 Å². The third-order valence-corrected chi connectivity index (χ3v) is 2.51. The molecule has 2 nitrogen and oxygen atoms in total. The Morgan fingerprint density at radius 1 is 1.21 bits per heavy atom. The van der Waals surface area contributed by atoms with Gasteiger partial charge in [0.25, 0.3) is 0 Å². The quantitative estimate of drug-likeness (QED) is 0.589. The molecule has 2 N–H and O–H groups in total. The van der Waals surface area contributed by atoms with E-state index in [-0.39, 0.29) is 5.78 Å². The molecule has 1 aromatic rings. The van der Waals surface area contributed by atoms with Crippen molar-refractivity contribution in [2.24, 2.45) is 0 Å². The Morgan fingerprint density at radius 3 is 2.14 bits per heavy atom. The number of carbonyl (C=O) groups is 1. The number of anilines is 1. The van der Waals surface area contributed by atoms with Crippen molar-refractivity contribution in [1.82, 2.24) is 0 Å². The summed E-state index contributed by atoms with van der Waals surface area (Å²) in [6.07, 6.45) is 1.91. The fourth-order valence-electron chi connectivity index (χ4n) is 1.67. The zero-order valence-electron chi connectivity index (χ0n) is 9.05. The van der Waals surface area contributed by atoms with Crippen molar-refractivity contribution >= 4 is 11.5 Å². The Bertz CT molecular complexity index is 356. The maximum Gasteiger partial charge on any atom is 0.161 e. The monoisotopic (exact) mass is 191 g/mol. The molecular formula is C12H17NO. The minimum atomic E-state index is 0.0415. The second kappa shape index (κ2) is 4.27. The summed E-state index contributed by atoms with van der Waals surface area (Å²) < 4.78 is 0. The van der Waals surface area contributed by atoms with Gasteiger partial charge in [-0.15, -0.1) is 0 Å². The summed E-state index contributed by atoms with van der Waals surface area (Å²) >= 11 is 0. The van der Waals surface area contributed by atoms with Gasteiger partial charge in [-0.2, -0.15) is 0 Å². The number of hydrogen-bond donors (Lipinski definition) is 1. The number of ketones is 1. The molecule has 0 heterocycles.